The summed E-state index contributed by atoms with van der Waals surface area (Å²) in [5.41, 5.74) is 2.25. The van der Waals surface area contributed by atoms with E-state index in [-0.39, 0.29) is 11.5 Å². The minimum absolute atomic E-state index is 0.207. The van der Waals surface area contributed by atoms with Gasteiger partial charge in [0, 0.05) is 10.6 Å². The van der Waals surface area contributed by atoms with Gasteiger partial charge in [-0.15, -0.1) is 5.10 Å². The van der Waals surface area contributed by atoms with Crippen LogP contribution in [0.4, 0.5) is 4.39 Å². The van der Waals surface area contributed by atoms with Crippen molar-refractivity contribution in [3.05, 3.63) is 70.6 Å². The first kappa shape index (κ1) is 14.2. The molecule has 0 bridgehead atoms. The van der Waals surface area contributed by atoms with Crippen molar-refractivity contribution in [2.75, 3.05) is 0 Å². The van der Waals surface area contributed by atoms with E-state index < -0.39 is 0 Å². The number of aromatic nitrogens is 3. The summed E-state index contributed by atoms with van der Waals surface area (Å²) < 4.78 is 14.9. The number of rotatable bonds is 3. The quantitative estimate of drug-likeness (QED) is 0.741. The highest BCUT2D eigenvalue weighted by Gasteiger charge is 2.15. The molecule has 0 radical (unpaired) electrons. The Kier molecular flexibility index (Phi) is 3.86. The summed E-state index contributed by atoms with van der Waals surface area (Å²) in [6, 6.07) is 15.3. The van der Waals surface area contributed by atoms with Crippen LogP contribution >= 0.6 is 11.6 Å². The van der Waals surface area contributed by atoms with Crippen molar-refractivity contribution in [1.29, 1.82) is 5.26 Å². The topological polar surface area (TPSA) is 54.5 Å². The second-order valence-electron chi connectivity index (χ2n) is 4.70. The number of benzene rings is 2. The second-order valence-corrected chi connectivity index (χ2v) is 5.13. The normalized spacial score (nSPS) is 10.4. The molecule has 0 atom stereocenters. The third kappa shape index (κ3) is 2.83. The Hall–Kier alpha value is -2.71. The Bertz CT molecular complexity index is 867. The lowest BCUT2D eigenvalue weighted by molar-refractivity contribution is 0.615. The molecule has 0 aliphatic carbocycles. The molecule has 1 heterocycles. The van der Waals surface area contributed by atoms with Crippen LogP contribution in [-0.2, 0) is 6.54 Å². The number of nitriles is 1. The van der Waals surface area contributed by atoms with Crippen molar-refractivity contribution in [2.45, 2.75) is 6.54 Å². The van der Waals surface area contributed by atoms with Gasteiger partial charge in [-0.3, -0.25) is 0 Å². The Morgan fingerprint density at radius 1 is 1.18 bits per heavy atom. The molecule has 22 heavy (non-hydrogen) atoms. The Morgan fingerprint density at radius 3 is 2.73 bits per heavy atom. The summed E-state index contributed by atoms with van der Waals surface area (Å²) in [7, 11) is 0. The van der Waals surface area contributed by atoms with E-state index in [4.69, 9.17) is 11.6 Å². The van der Waals surface area contributed by atoms with Gasteiger partial charge in [-0.25, -0.2) is 9.07 Å². The highest BCUT2D eigenvalue weighted by Crippen LogP contribution is 2.25. The Balaban J connectivity index is 2.06. The summed E-state index contributed by atoms with van der Waals surface area (Å²) in [5.74, 6) is -0.317. The summed E-state index contributed by atoms with van der Waals surface area (Å²) in [6.07, 6.45) is 0. The summed E-state index contributed by atoms with van der Waals surface area (Å²) in [6.45, 7) is 0.314. The highest BCUT2D eigenvalue weighted by atomic mass is 35.5. The van der Waals surface area contributed by atoms with Crippen LogP contribution in [0.1, 0.15) is 11.3 Å². The smallest absolute Gasteiger partial charge is 0.190 e. The molecule has 0 amide bonds. The monoisotopic (exact) mass is 312 g/mol. The van der Waals surface area contributed by atoms with Crippen LogP contribution < -0.4 is 0 Å². The number of nitrogens with zero attached hydrogens (tertiary/aromatic N) is 4. The van der Waals surface area contributed by atoms with Crippen molar-refractivity contribution < 1.29 is 4.39 Å². The maximum atomic E-state index is 13.3. The first-order chi connectivity index (χ1) is 10.7. The van der Waals surface area contributed by atoms with Gasteiger partial charge in [0.2, 0.25) is 0 Å². The molecule has 0 saturated heterocycles. The third-order valence-electron chi connectivity index (χ3n) is 3.16. The van der Waals surface area contributed by atoms with E-state index in [0.29, 0.717) is 17.3 Å². The van der Waals surface area contributed by atoms with Gasteiger partial charge in [0.1, 0.15) is 17.6 Å². The molecule has 0 spiro atoms. The summed E-state index contributed by atoms with van der Waals surface area (Å²) in [5, 5.41) is 17.6. The molecule has 108 valence electrons. The van der Waals surface area contributed by atoms with E-state index in [9.17, 15) is 9.65 Å². The van der Waals surface area contributed by atoms with Gasteiger partial charge in [0.25, 0.3) is 0 Å². The molecule has 3 aromatic rings. The van der Waals surface area contributed by atoms with Crippen LogP contribution in [0.15, 0.2) is 48.5 Å². The third-order valence-corrected chi connectivity index (χ3v) is 3.40. The standard InChI is InChI=1S/C16H10ClFN4/c17-13-5-2-4-12(8-13)16-15(9-19)20-21-22(16)10-11-3-1-6-14(18)7-11/h1-8H,10H2. The van der Waals surface area contributed by atoms with Gasteiger partial charge >= 0.3 is 0 Å². The van der Waals surface area contributed by atoms with Crippen molar-refractivity contribution in [3.63, 3.8) is 0 Å². The van der Waals surface area contributed by atoms with Gasteiger partial charge in [0.15, 0.2) is 5.69 Å². The van der Waals surface area contributed by atoms with E-state index in [0.717, 1.165) is 11.1 Å². The summed E-state index contributed by atoms with van der Waals surface area (Å²) >= 11 is 6.01. The fourth-order valence-electron chi connectivity index (χ4n) is 2.23. The highest BCUT2D eigenvalue weighted by molar-refractivity contribution is 6.30. The molecule has 0 aliphatic heterocycles. The molecule has 4 nitrogen and oxygen atoms in total. The maximum absolute atomic E-state index is 13.3. The molecule has 1 aromatic heterocycles. The van der Waals surface area contributed by atoms with Gasteiger partial charge in [-0.1, -0.05) is 41.1 Å². The van der Waals surface area contributed by atoms with Crippen LogP contribution in [0.25, 0.3) is 11.3 Å². The van der Waals surface area contributed by atoms with Crippen LogP contribution in [0.3, 0.4) is 0 Å². The first-order valence-corrected chi connectivity index (χ1v) is 6.89. The second kappa shape index (κ2) is 5.96. The maximum Gasteiger partial charge on any atom is 0.190 e. The summed E-state index contributed by atoms with van der Waals surface area (Å²) in [4.78, 5) is 0. The van der Waals surface area contributed by atoms with Gasteiger partial charge in [-0.2, -0.15) is 5.26 Å². The lowest BCUT2D eigenvalue weighted by Crippen LogP contribution is -2.04. The lowest BCUT2D eigenvalue weighted by Gasteiger charge is -2.07. The van der Waals surface area contributed by atoms with Crippen LogP contribution in [0, 0.1) is 17.1 Å². The molecule has 0 saturated carbocycles. The molecule has 2 aromatic carbocycles. The fourth-order valence-corrected chi connectivity index (χ4v) is 2.42. The van der Waals surface area contributed by atoms with Crippen molar-refractivity contribution >= 4 is 11.6 Å². The van der Waals surface area contributed by atoms with Crippen LogP contribution in [-0.4, -0.2) is 15.0 Å². The average Bonchev–Trinajstić information content (AvgIpc) is 2.90. The van der Waals surface area contributed by atoms with Crippen LogP contribution in [0.2, 0.25) is 5.02 Å². The zero-order chi connectivity index (χ0) is 15.5. The SMILES string of the molecule is N#Cc1nnn(Cc2cccc(F)c2)c1-c1cccc(Cl)c1. The average molecular weight is 313 g/mol. The Morgan fingerprint density at radius 2 is 2.00 bits per heavy atom. The zero-order valence-electron chi connectivity index (χ0n) is 11.4. The molecule has 6 heteroatoms. The largest absolute Gasteiger partial charge is 0.239 e. The molecular weight excluding hydrogens is 303 g/mol. The van der Waals surface area contributed by atoms with E-state index >= 15 is 0 Å². The Labute approximate surface area is 131 Å². The van der Waals surface area contributed by atoms with E-state index in [1.165, 1.54) is 12.1 Å². The molecule has 0 aliphatic rings. The van der Waals surface area contributed by atoms with Crippen molar-refractivity contribution in [3.8, 4) is 17.3 Å². The van der Waals surface area contributed by atoms with E-state index in [2.05, 4.69) is 10.3 Å². The zero-order valence-corrected chi connectivity index (χ0v) is 12.1. The first-order valence-electron chi connectivity index (χ1n) is 6.51. The predicted molar refractivity (Wildman–Crippen MR) is 80.7 cm³/mol. The molecule has 0 N–H and O–H groups in total. The number of hydrogen-bond acceptors (Lipinski definition) is 3. The van der Waals surface area contributed by atoms with E-state index in [1.807, 2.05) is 12.1 Å². The van der Waals surface area contributed by atoms with Gasteiger partial charge < -0.3 is 0 Å². The van der Waals surface area contributed by atoms with Crippen molar-refractivity contribution in [2.24, 2.45) is 0 Å². The molecule has 0 fully saturated rings. The van der Waals surface area contributed by atoms with Gasteiger partial charge in [0.05, 0.1) is 6.54 Å². The molecule has 3 rings (SSSR count). The molecule has 0 unspecified atom stereocenters. The van der Waals surface area contributed by atoms with E-state index in [1.54, 1.807) is 35.0 Å². The lowest BCUT2D eigenvalue weighted by atomic mass is 10.1. The van der Waals surface area contributed by atoms with Gasteiger partial charge in [-0.05, 0) is 29.8 Å². The molecular formula is C16H10ClFN4. The van der Waals surface area contributed by atoms with Crippen molar-refractivity contribution in [1.82, 2.24) is 15.0 Å². The number of halogens is 2. The number of hydrogen-bond donors (Lipinski definition) is 0. The predicted octanol–water partition coefficient (Wildman–Crippen LogP) is 3.66. The fraction of sp³-hybridized carbons (Fsp3) is 0.0625. The minimum Gasteiger partial charge on any atom is -0.239 e. The van der Waals surface area contributed by atoms with Crippen LogP contribution in [0.5, 0.6) is 0 Å². The minimum atomic E-state index is -0.317.